The minimum Gasteiger partial charge on any atom is -0.495 e. The van der Waals surface area contributed by atoms with Gasteiger partial charge in [0, 0.05) is 17.8 Å². The number of hydrogen-bond donors (Lipinski definition) is 1. The maximum Gasteiger partial charge on any atom is 0.135 e. The van der Waals surface area contributed by atoms with Crippen molar-refractivity contribution in [3.05, 3.63) is 22.7 Å². The van der Waals surface area contributed by atoms with E-state index in [0.717, 1.165) is 15.9 Å². The number of ether oxygens (including phenoxy) is 1. The van der Waals surface area contributed by atoms with Crippen molar-refractivity contribution in [1.82, 2.24) is 0 Å². The van der Waals surface area contributed by atoms with Crippen LogP contribution in [0.1, 0.15) is 38.5 Å². The molecule has 0 unspecified atom stereocenters. The van der Waals surface area contributed by atoms with Crippen molar-refractivity contribution in [1.29, 1.82) is 0 Å². The largest absolute Gasteiger partial charge is 0.495 e. The molecule has 94 valence electrons. The van der Waals surface area contributed by atoms with E-state index < -0.39 is 0 Å². The van der Waals surface area contributed by atoms with Gasteiger partial charge >= 0.3 is 0 Å². The quantitative estimate of drug-likeness (QED) is 0.824. The third-order valence-corrected chi connectivity index (χ3v) is 4.03. The molecule has 3 heteroatoms. The van der Waals surface area contributed by atoms with Gasteiger partial charge in [0.1, 0.15) is 5.75 Å². The molecule has 17 heavy (non-hydrogen) atoms. The summed E-state index contributed by atoms with van der Waals surface area (Å²) in [6.45, 7) is 0. The van der Waals surface area contributed by atoms with Crippen molar-refractivity contribution >= 4 is 21.6 Å². The first-order valence-electron chi connectivity index (χ1n) is 6.39. The van der Waals surface area contributed by atoms with Crippen LogP contribution < -0.4 is 10.1 Å². The van der Waals surface area contributed by atoms with Crippen LogP contribution in [-0.4, -0.2) is 13.2 Å². The van der Waals surface area contributed by atoms with Crippen LogP contribution in [0.4, 0.5) is 5.69 Å². The molecule has 1 aliphatic rings. The molecule has 2 rings (SSSR count). The van der Waals surface area contributed by atoms with Gasteiger partial charge in [0.25, 0.3) is 0 Å². The van der Waals surface area contributed by atoms with Crippen LogP contribution in [-0.2, 0) is 0 Å². The molecular formula is C14H20BrNO. The van der Waals surface area contributed by atoms with Crippen LogP contribution in [0.3, 0.4) is 0 Å². The van der Waals surface area contributed by atoms with Crippen molar-refractivity contribution in [3.63, 3.8) is 0 Å². The van der Waals surface area contributed by atoms with Gasteiger partial charge in [0.05, 0.1) is 11.6 Å². The number of methoxy groups -OCH3 is 1. The van der Waals surface area contributed by atoms with Crippen LogP contribution in [0, 0.1) is 0 Å². The van der Waals surface area contributed by atoms with Crippen LogP contribution in [0.5, 0.6) is 5.75 Å². The highest BCUT2D eigenvalue weighted by molar-refractivity contribution is 9.10. The fourth-order valence-electron chi connectivity index (χ4n) is 2.41. The Hall–Kier alpha value is -0.700. The molecule has 1 aromatic carbocycles. The van der Waals surface area contributed by atoms with Gasteiger partial charge in [0.15, 0.2) is 0 Å². The van der Waals surface area contributed by atoms with Crippen molar-refractivity contribution < 1.29 is 4.74 Å². The highest BCUT2D eigenvalue weighted by atomic mass is 79.9. The van der Waals surface area contributed by atoms with Crippen LogP contribution in [0.2, 0.25) is 0 Å². The summed E-state index contributed by atoms with van der Waals surface area (Å²) in [7, 11) is 1.70. The number of anilines is 1. The zero-order valence-corrected chi connectivity index (χ0v) is 11.9. The molecule has 0 atom stereocenters. The highest BCUT2D eigenvalue weighted by Crippen LogP contribution is 2.29. The van der Waals surface area contributed by atoms with Gasteiger partial charge in [-0.25, -0.2) is 0 Å². The van der Waals surface area contributed by atoms with Gasteiger partial charge in [-0.2, -0.15) is 0 Å². The summed E-state index contributed by atoms with van der Waals surface area (Å²) in [5.74, 6) is 0.892. The molecule has 0 saturated heterocycles. The van der Waals surface area contributed by atoms with Crippen molar-refractivity contribution in [3.8, 4) is 5.75 Å². The molecule has 1 N–H and O–H groups in total. The second-order valence-electron chi connectivity index (χ2n) is 4.68. The third kappa shape index (κ3) is 3.63. The Kier molecular flexibility index (Phi) is 4.72. The Morgan fingerprint density at radius 3 is 2.53 bits per heavy atom. The summed E-state index contributed by atoms with van der Waals surface area (Å²) in [5, 5.41) is 3.62. The highest BCUT2D eigenvalue weighted by Gasteiger charge is 2.12. The molecule has 0 bridgehead atoms. The zero-order valence-electron chi connectivity index (χ0n) is 10.3. The summed E-state index contributed by atoms with van der Waals surface area (Å²) in [5.41, 5.74) is 1.16. The molecule has 0 aliphatic heterocycles. The lowest BCUT2D eigenvalue weighted by molar-refractivity contribution is 0.412. The van der Waals surface area contributed by atoms with E-state index >= 15 is 0 Å². The first-order valence-corrected chi connectivity index (χ1v) is 7.19. The second kappa shape index (κ2) is 6.29. The molecule has 0 heterocycles. The average molecular weight is 298 g/mol. The Bertz CT molecular complexity index is 359. The Labute approximate surface area is 112 Å². The molecule has 2 nitrogen and oxygen atoms in total. The van der Waals surface area contributed by atoms with E-state index in [9.17, 15) is 0 Å². The molecule has 1 aliphatic carbocycles. The molecule has 1 fully saturated rings. The van der Waals surface area contributed by atoms with E-state index in [0.29, 0.717) is 6.04 Å². The lowest BCUT2D eigenvalue weighted by Crippen LogP contribution is -2.18. The minimum absolute atomic E-state index is 0.628. The number of benzene rings is 1. The first-order chi connectivity index (χ1) is 8.29. The Morgan fingerprint density at radius 2 is 1.88 bits per heavy atom. The van der Waals surface area contributed by atoms with E-state index in [1.807, 2.05) is 6.07 Å². The number of rotatable bonds is 3. The van der Waals surface area contributed by atoms with E-state index in [4.69, 9.17) is 4.74 Å². The monoisotopic (exact) mass is 297 g/mol. The minimum atomic E-state index is 0.628. The maximum atomic E-state index is 5.31. The number of hydrogen-bond acceptors (Lipinski definition) is 2. The molecule has 1 aromatic rings. The predicted molar refractivity (Wildman–Crippen MR) is 75.8 cm³/mol. The van der Waals surface area contributed by atoms with Gasteiger partial charge in [-0.05, 0) is 40.9 Å². The third-order valence-electron chi connectivity index (χ3n) is 3.38. The normalized spacial score (nSPS) is 17.5. The maximum absolute atomic E-state index is 5.31. The van der Waals surface area contributed by atoms with Crippen molar-refractivity contribution in [2.45, 2.75) is 44.6 Å². The van der Waals surface area contributed by atoms with Crippen LogP contribution in [0.25, 0.3) is 0 Å². The van der Waals surface area contributed by atoms with Gasteiger partial charge in [0.2, 0.25) is 0 Å². The van der Waals surface area contributed by atoms with Crippen molar-refractivity contribution in [2.24, 2.45) is 0 Å². The number of nitrogens with one attached hydrogen (secondary N) is 1. The van der Waals surface area contributed by atoms with Gasteiger partial charge in [-0.3, -0.25) is 0 Å². The van der Waals surface area contributed by atoms with E-state index in [2.05, 4.69) is 33.4 Å². The SMILES string of the molecule is COc1cc(NC2CCCCCC2)ccc1Br. The topological polar surface area (TPSA) is 21.3 Å². The molecule has 0 spiro atoms. The fourth-order valence-corrected chi connectivity index (χ4v) is 2.82. The summed E-state index contributed by atoms with van der Waals surface area (Å²) < 4.78 is 6.32. The molecule has 0 aromatic heterocycles. The lowest BCUT2D eigenvalue weighted by Gasteiger charge is -2.18. The molecular weight excluding hydrogens is 278 g/mol. The number of halogens is 1. The summed E-state index contributed by atoms with van der Waals surface area (Å²) in [6, 6.07) is 6.84. The molecule has 0 amide bonds. The van der Waals surface area contributed by atoms with Gasteiger partial charge < -0.3 is 10.1 Å². The van der Waals surface area contributed by atoms with E-state index in [1.54, 1.807) is 7.11 Å². The Morgan fingerprint density at radius 1 is 1.18 bits per heavy atom. The molecule has 1 saturated carbocycles. The van der Waals surface area contributed by atoms with E-state index in [-0.39, 0.29) is 0 Å². The Balaban J connectivity index is 2.01. The average Bonchev–Trinajstić information content (AvgIpc) is 2.60. The smallest absolute Gasteiger partial charge is 0.135 e. The zero-order chi connectivity index (χ0) is 12.1. The lowest BCUT2D eigenvalue weighted by atomic mass is 10.1. The summed E-state index contributed by atoms with van der Waals surface area (Å²) in [4.78, 5) is 0. The van der Waals surface area contributed by atoms with Crippen molar-refractivity contribution in [2.75, 3.05) is 12.4 Å². The second-order valence-corrected chi connectivity index (χ2v) is 5.54. The fraction of sp³-hybridized carbons (Fsp3) is 0.571. The van der Waals surface area contributed by atoms with E-state index in [1.165, 1.54) is 38.5 Å². The predicted octanol–water partition coefficient (Wildman–Crippen LogP) is 4.59. The summed E-state index contributed by atoms with van der Waals surface area (Å²) >= 11 is 3.48. The van der Waals surface area contributed by atoms with Crippen LogP contribution >= 0.6 is 15.9 Å². The van der Waals surface area contributed by atoms with Gasteiger partial charge in [-0.15, -0.1) is 0 Å². The van der Waals surface area contributed by atoms with Crippen LogP contribution in [0.15, 0.2) is 22.7 Å². The molecule has 0 radical (unpaired) electrons. The van der Waals surface area contributed by atoms with Gasteiger partial charge in [-0.1, -0.05) is 25.7 Å². The standard InChI is InChI=1S/C14H20BrNO/c1-17-14-10-12(8-9-13(14)15)16-11-6-4-2-3-5-7-11/h8-11,16H,2-7H2,1H3. The first kappa shape index (κ1) is 12.7. The summed E-state index contributed by atoms with van der Waals surface area (Å²) in [6.07, 6.45) is 8.07.